The topological polar surface area (TPSA) is 99.8 Å². The van der Waals surface area contributed by atoms with Crippen LogP contribution in [0.5, 0.6) is 0 Å². The molecule has 166 valence electrons. The molecule has 2 heterocycles. The van der Waals surface area contributed by atoms with Crippen LogP contribution in [0.15, 0.2) is 48.8 Å². The summed E-state index contributed by atoms with van der Waals surface area (Å²) in [4.78, 5) is 28.5. The summed E-state index contributed by atoms with van der Waals surface area (Å²) >= 11 is 12.0. The van der Waals surface area contributed by atoms with Gasteiger partial charge in [-0.05, 0) is 48.6 Å². The summed E-state index contributed by atoms with van der Waals surface area (Å²) in [6.45, 7) is 0. The minimum atomic E-state index is -0.0912. The van der Waals surface area contributed by atoms with Crippen LogP contribution >= 0.6 is 23.2 Å². The van der Waals surface area contributed by atoms with Gasteiger partial charge in [0.15, 0.2) is 5.82 Å². The van der Waals surface area contributed by atoms with Crippen molar-refractivity contribution < 1.29 is 9.59 Å². The third-order valence-electron chi connectivity index (χ3n) is 5.54. The number of nitrogens with one attached hydrogen (secondary N) is 3. The summed E-state index contributed by atoms with van der Waals surface area (Å²) in [7, 11) is 0. The van der Waals surface area contributed by atoms with Gasteiger partial charge < -0.3 is 10.6 Å². The molecular weight excluding hydrogens is 449 g/mol. The van der Waals surface area contributed by atoms with Gasteiger partial charge in [-0.3, -0.25) is 19.7 Å². The average molecular weight is 472 g/mol. The predicted octanol–water partition coefficient (Wildman–Crippen LogP) is 4.29. The lowest BCUT2D eigenvalue weighted by molar-refractivity contribution is -0.121. The first-order valence-corrected chi connectivity index (χ1v) is 11.2. The van der Waals surface area contributed by atoms with Crippen LogP contribution in [0.3, 0.4) is 0 Å². The molecule has 0 spiro atoms. The van der Waals surface area contributed by atoms with Crippen molar-refractivity contribution in [3.05, 3.63) is 75.7 Å². The number of rotatable bonds is 8. The Bertz CT molecular complexity index is 1100. The van der Waals surface area contributed by atoms with Gasteiger partial charge in [-0.1, -0.05) is 35.3 Å². The molecule has 0 aliphatic heterocycles. The first-order valence-electron chi connectivity index (χ1n) is 10.4. The Balaban J connectivity index is 1.20. The number of anilines is 1. The van der Waals surface area contributed by atoms with Gasteiger partial charge in [0.2, 0.25) is 11.8 Å². The number of aromatic nitrogens is 3. The van der Waals surface area contributed by atoms with Crippen LogP contribution in [-0.2, 0) is 22.4 Å². The van der Waals surface area contributed by atoms with Gasteiger partial charge in [0.25, 0.3) is 0 Å². The number of pyridine rings is 1. The molecule has 3 N–H and O–H groups in total. The maximum absolute atomic E-state index is 12.3. The molecule has 2 amide bonds. The van der Waals surface area contributed by atoms with Crippen molar-refractivity contribution in [3.63, 3.8) is 0 Å². The Morgan fingerprint density at radius 2 is 1.97 bits per heavy atom. The fourth-order valence-corrected chi connectivity index (χ4v) is 4.20. The van der Waals surface area contributed by atoms with Crippen LogP contribution in [0.2, 0.25) is 10.0 Å². The Hall–Kier alpha value is -2.90. The number of nitrogens with zero attached hydrogens (tertiary/aromatic N) is 2. The smallest absolute Gasteiger partial charge is 0.225 e. The second kappa shape index (κ2) is 10.1. The Morgan fingerprint density at radius 1 is 1.12 bits per heavy atom. The zero-order chi connectivity index (χ0) is 22.5. The molecule has 32 heavy (non-hydrogen) atoms. The van der Waals surface area contributed by atoms with Crippen LogP contribution in [0.4, 0.5) is 5.82 Å². The van der Waals surface area contributed by atoms with Crippen molar-refractivity contribution in [1.82, 2.24) is 20.5 Å². The highest BCUT2D eigenvalue weighted by Gasteiger charge is 2.32. The van der Waals surface area contributed by atoms with E-state index in [4.69, 9.17) is 23.2 Å². The van der Waals surface area contributed by atoms with Crippen LogP contribution in [0, 0.1) is 0 Å². The van der Waals surface area contributed by atoms with E-state index in [0.29, 0.717) is 28.7 Å². The molecule has 1 saturated carbocycles. The van der Waals surface area contributed by atoms with Gasteiger partial charge in [0, 0.05) is 52.6 Å². The summed E-state index contributed by atoms with van der Waals surface area (Å²) in [5.41, 5.74) is 2.73. The molecule has 3 aromatic rings. The molecule has 0 atom stereocenters. The highest BCUT2D eigenvalue weighted by Crippen LogP contribution is 2.36. The highest BCUT2D eigenvalue weighted by molar-refractivity contribution is 6.35. The standard InChI is InChI=1S/C23H23Cl2N5O2/c24-17-5-4-15(19(25)11-17)10-23(32)27-18-8-16(9-18)20-12-21(30-29-20)28-22(31)6-3-14-2-1-7-26-13-14/h1-2,4-5,7,11-13,16,18H,3,6,8-10H2,(H,27,32)(H2,28,29,30,31). The fraction of sp³-hybridized carbons (Fsp3) is 0.304. The van der Waals surface area contributed by atoms with Crippen molar-refractivity contribution in [2.45, 2.75) is 44.1 Å². The van der Waals surface area contributed by atoms with Crippen molar-refractivity contribution in [3.8, 4) is 0 Å². The normalized spacial score (nSPS) is 17.4. The van der Waals surface area contributed by atoms with Crippen LogP contribution in [-0.4, -0.2) is 33.0 Å². The number of aryl methyl sites for hydroxylation is 1. The van der Waals surface area contributed by atoms with Crippen LogP contribution in [0.25, 0.3) is 0 Å². The lowest BCUT2D eigenvalue weighted by atomic mass is 9.78. The number of hydrogen-bond donors (Lipinski definition) is 3. The van der Waals surface area contributed by atoms with E-state index in [2.05, 4.69) is 25.8 Å². The van der Waals surface area contributed by atoms with Crippen LogP contribution in [0.1, 0.15) is 42.0 Å². The van der Waals surface area contributed by atoms with Gasteiger partial charge in [-0.15, -0.1) is 0 Å². The molecule has 2 aromatic heterocycles. The molecule has 1 aromatic carbocycles. The Kier molecular flexibility index (Phi) is 7.07. The van der Waals surface area contributed by atoms with Crippen LogP contribution < -0.4 is 10.6 Å². The number of benzene rings is 1. The lowest BCUT2D eigenvalue weighted by Gasteiger charge is -2.35. The molecular formula is C23H23Cl2N5O2. The summed E-state index contributed by atoms with van der Waals surface area (Å²) < 4.78 is 0. The Labute approximate surface area is 195 Å². The molecule has 9 heteroatoms. The molecule has 1 aliphatic carbocycles. The lowest BCUT2D eigenvalue weighted by Crippen LogP contribution is -2.44. The van der Waals surface area contributed by atoms with E-state index in [0.717, 1.165) is 29.7 Å². The van der Waals surface area contributed by atoms with Gasteiger partial charge in [0.1, 0.15) is 0 Å². The van der Waals surface area contributed by atoms with E-state index in [1.807, 2.05) is 18.2 Å². The van der Waals surface area contributed by atoms with E-state index in [1.165, 1.54) is 0 Å². The molecule has 7 nitrogen and oxygen atoms in total. The first-order chi connectivity index (χ1) is 15.5. The second-order valence-corrected chi connectivity index (χ2v) is 8.81. The average Bonchev–Trinajstić information content (AvgIpc) is 3.19. The van der Waals surface area contributed by atoms with E-state index in [9.17, 15) is 9.59 Å². The molecule has 0 saturated heterocycles. The summed E-state index contributed by atoms with van der Waals surface area (Å²) in [5, 5.41) is 14.1. The number of H-pyrrole nitrogens is 1. The largest absolute Gasteiger partial charge is 0.353 e. The molecule has 0 bridgehead atoms. The first kappa shape index (κ1) is 22.3. The number of hydrogen-bond acceptors (Lipinski definition) is 4. The minimum absolute atomic E-state index is 0.0659. The molecule has 1 aliphatic rings. The SMILES string of the molecule is O=C(CCc1cccnc1)Nc1cc(C2CC(NC(=O)Cc3ccc(Cl)cc3Cl)C2)[nH]n1. The second-order valence-electron chi connectivity index (χ2n) is 7.96. The molecule has 1 fully saturated rings. The zero-order valence-corrected chi connectivity index (χ0v) is 18.8. The number of amides is 2. The van der Waals surface area contributed by atoms with E-state index >= 15 is 0 Å². The number of carbonyl (C=O) groups excluding carboxylic acids is 2. The molecule has 0 unspecified atom stereocenters. The number of halogens is 2. The maximum atomic E-state index is 12.3. The van der Waals surface area contributed by atoms with Gasteiger partial charge >= 0.3 is 0 Å². The van der Waals surface area contributed by atoms with E-state index in [1.54, 1.807) is 30.6 Å². The Morgan fingerprint density at radius 3 is 2.72 bits per heavy atom. The third kappa shape index (κ3) is 5.87. The van der Waals surface area contributed by atoms with E-state index < -0.39 is 0 Å². The van der Waals surface area contributed by atoms with E-state index in [-0.39, 0.29) is 30.2 Å². The molecule has 4 rings (SSSR count). The number of aromatic amines is 1. The van der Waals surface area contributed by atoms with Gasteiger partial charge in [-0.2, -0.15) is 5.10 Å². The molecule has 0 radical (unpaired) electrons. The predicted molar refractivity (Wildman–Crippen MR) is 124 cm³/mol. The van der Waals surface area contributed by atoms with Gasteiger partial charge in [0.05, 0.1) is 6.42 Å². The monoisotopic (exact) mass is 471 g/mol. The van der Waals surface area contributed by atoms with Crippen molar-refractivity contribution in [2.75, 3.05) is 5.32 Å². The fourth-order valence-electron chi connectivity index (χ4n) is 3.73. The highest BCUT2D eigenvalue weighted by atomic mass is 35.5. The van der Waals surface area contributed by atoms with Crippen molar-refractivity contribution in [1.29, 1.82) is 0 Å². The summed E-state index contributed by atoms with van der Waals surface area (Å²) in [6, 6.07) is 10.9. The third-order valence-corrected chi connectivity index (χ3v) is 6.12. The summed E-state index contributed by atoms with van der Waals surface area (Å²) in [5.74, 6) is 0.629. The van der Waals surface area contributed by atoms with Crippen molar-refractivity contribution >= 4 is 40.8 Å². The van der Waals surface area contributed by atoms with Gasteiger partial charge in [-0.25, -0.2) is 0 Å². The maximum Gasteiger partial charge on any atom is 0.225 e. The number of carbonyl (C=O) groups is 2. The van der Waals surface area contributed by atoms with Crippen molar-refractivity contribution in [2.24, 2.45) is 0 Å². The zero-order valence-electron chi connectivity index (χ0n) is 17.3. The minimum Gasteiger partial charge on any atom is -0.353 e. The quantitative estimate of drug-likeness (QED) is 0.456. The summed E-state index contributed by atoms with van der Waals surface area (Å²) in [6.07, 6.45) is 6.31.